The van der Waals surface area contributed by atoms with Crippen molar-refractivity contribution in [1.82, 2.24) is 9.97 Å². The standard InChI is InChI=1S/C16H16FN3OS/c17-11-4-6-12(7-5-11)22-9-8-15(21)20-16-13-2-1-3-14(13)18-10-19-16/h4-7,10H,1-3,8-9H2,(H,18,19,20,21). The zero-order valence-corrected chi connectivity index (χ0v) is 12.8. The first-order valence-electron chi connectivity index (χ1n) is 7.23. The Morgan fingerprint density at radius 3 is 2.86 bits per heavy atom. The Morgan fingerprint density at radius 2 is 2.05 bits per heavy atom. The number of fused-ring (bicyclic) bond motifs is 1. The van der Waals surface area contributed by atoms with E-state index in [1.54, 1.807) is 12.1 Å². The summed E-state index contributed by atoms with van der Waals surface area (Å²) >= 11 is 1.53. The third-order valence-electron chi connectivity index (χ3n) is 3.54. The summed E-state index contributed by atoms with van der Waals surface area (Å²) in [7, 11) is 0. The molecule has 0 fully saturated rings. The molecule has 1 aliphatic rings. The molecule has 0 spiro atoms. The maximum atomic E-state index is 12.8. The minimum atomic E-state index is -0.250. The number of hydrogen-bond donors (Lipinski definition) is 1. The van der Waals surface area contributed by atoms with E-state index in [1.807, 2.05) is 0 Å². The fourth-order valence-corrected chi connectivity index (χ4v) is 3.31. The van der Waals surface area contributed by atoms with Gasteiger partial charge in [-0.25, -0.2) is 14.4 Å². The lowest BCUT2D eigenvalue weighted by Crippen LogP contribution is -2.15. The molecule has 114 valence electrons. The molecule has 1 amide bonds. The van der Waals surface area contributed by atoms with E-state index in [2.05, 4.69) is 15.3 Å². The van der Waals surface area contributed by atoms with Gasteiger partial charge in [0, 0.05) is 28.3 Å². The van der Waals surface area contributed by atoms with Crippen molar-refractivity contribution in [2.75, 3.05) is 11.1 Å². The topological polar surface area (TPSA) is 54.9 Å². The molecule has 0 radical (unpaired) electrons. The van der Waals surface area contributed by atoms with Gasteiger partial charge in [-0.15, -0.1) is 11.8 Å². The second kappa shape index (κ2) is 6.87. The summed E-state index contributed by atoms with van der Waals surface area (Å²) in [5, 5.41) is 2.87. The van der Waals surface area contributed by atoms with E-state index in [-0.39, 0.29) is 11.7 Å². The first kappa shape index (κ1) is 15.0. The predicted molar refractivity (Wildman–Crippen MR) is 84.4 cm³/mol. The molecule has 2 aromatic rings. The van der Waals surface area contributed by atoms with Gasteiger partial charge in [-0.05, 0) is 43.5 Å². The van der Waals surface area contributed by atoms with Crippen LogP contribution in [0.2, 0.25) is 0 Å². The van der Waals surface area contributed by atoms with Gasteiger partial charge in [0.15, 0.2) is 0 Å². The van der Waals surface area contributed by atoms with Crippen LogP contribution in [0, 0.1) is 5.82 Å². The molecule has 4 nitrogen and oxygen atoms in total. The number of hydrogen-bond acceptors (Lipinski definition) is 4. The van der Waals surface area contributed by atoms with Crippen LogP contribution in [-0.4, -0.2) is 21.6 Å². The summed E-state index contributed by atoms with van der Waals surface area (Å²) in [6.45, 7) is 0. The van der Waals surface area contributed by atoms with Crippen molar-refractivity contribution in [2.24, 2.45) is 0 Å². The van der Waals surface area contributed by atoms with Gasteiger partial charge in [0.05, 0.1) is 0 Å². The van der Waals surface area contributed by atoms with Crippen LogP contribution in [0.15, 0.2) is 35.5 Å². The number of aryl methyl sites for hydroxylation is 1. The average Bonchev–Trinajstić information content (AvgIpc) is 2.99. The quantitative estimate of drug-likeness (QED) is 0.860. The summed E-state index contributed by atoms with van der Waals surface area (Å²) < 4.78 is 12.8. The summed E-state index contributed by atoms with van der Waals surface area (Å²) in [6.07, 6.45) is 4.85. The summed E-state index contributed by atoms with van der Waals surface area (Å²) in [5.41, 5.74) is 2.12. The average molecular weight is 317 g/mol. The first-order chi connectivity index (χ1) is 10.7. The Morgan fingerprint density at radius 1 is 1.23 bits per heavy atom. The number of nitrogens with one attached hydrogen (secondary N) is 1. The van der Waals surface area contributed by atoms with Gasteiger partial charge in [0.1, 0.15) is 18.0 Å². The number of carbonyl (C=O) groups is 1. The third kappa shape index (κ3) is 3.62. The van der Waals surface area contributed by atoms with Crippen molar-refractivity contribution >= 4 is 23.5 Å². The lowest BCUT2D eigenvalue weighted by molar-refractivity contribution is -0.115. The van der Waals surface area contributed by atoms with Gasteiger partial charge in [-0.3, -0.25) is 4.79 Å². The molecule has 0 aliphatic heterocycles. The van der Waals surface area contributed by atoms with E-state index >= 15 is 0 Å². The van der Waals surface area contributed by atoms with Gasteiger partial charge in [-0.2, -0.15) is 0 Å². The predicted octanol–water partition coefficient (Wildman–Crippen LogP) is 3.23. The number of anilines is 1. The van der Waals surface area contributed by atoms with E-state index in [1.165, 1.54) is 30.2 Å². The van der Waals surface area contributed by atoms with Crippen LogP contribution in [0.25, 0.3) is 0 Å². The molecule has 1 N–H and O–H groups in total. The Bertz CT molecular complexity index is 676. The zero-order valence-electron chi connectivity index (χ0n) is 12.0. The second-order valence-corrected chi connectivity index (χ2v) is 6.27. The van der Waals surface area contributed by atoms with E-state index in [0.29, 0.717) is 18.0 Å². The van der Waals surface area contributed by atoms with Crippen molar-refractivity contribution in [3.05, 3.63) is 47.7 Å². The van der Waals surface area contributed by atoms with Crippen molar-refractivity contribution in [3.63, 3.8) is 0 Å². The van der Waals surface area contributed by atoms with Crippen LogP contribution < -0.4 is 5.32 Å². The SMILES string of the molecule is O=C(CCSc1ccc(F)cc1)Nc1ncnc2c1CCC2. The maximum absolute atomic E-state index is 12.8. The number of benzene rings is 1. The van der Waals surface area contributed by atoms with Crippen molar-refractivity contribution in [2.45, 2.75) is 30.6 Å². The van der Waals surface area contributed by atoms with Crippen molar-refractivity contribution in [3.8, 4) is 0 Å². The Labute approximate surface area is 132 Å². The monoisotopic (exact) mass is 317 g/mol. The number of thioether (sulfide) groups is 1. The van der Waals surface area contributed by atoms with Gasteiger partial charge >= 0.3 is 0 Å². The highest BCUT2D eigenvalue weighted by Gasteiger charge is 2.18. The molecule has 0 saturated carbocycles. The van der Waals surface area contributed by atoms with Gasteiger partial charge in [0.25, 0.3) is 0 Å². The van der Waals surface area contributed by atoms with Gasteiger partial charge in [-0.1, -0.05) is 0 Å². The van der Waals surface area contributed by atoms with Gasteiger partial charge < -0.3 is 5.32 Å². The maximum Gasteiger partial charge on any atom is 0.226 e. The molecule has 0 bridgehead atoms. The molecule has 1 aliphatic carbocycles. The van der Waals surface area contributed by atoms with Crippen LogP contribution in [0.4, 0.5) is 10.2 Å². The second-order valence-electron chi connectivity index (χ2n) is 5.10. The van der Waals surface area contributed by atoms with Crippen LogP contribution >= 0.6 is 11.8 Å². The Hall–Kier alpha value is -1.95. The molecule has 1 aromatic heterocycles. The van der Waals surface area contributed by atoms with E-state index in [0.717, 1.165) is 35.4 Å². The third-order valence-corrected chi connectivity index (χ3v) is 4.56. The molecule has 1 aromatic carbocycles. The Balaban J connectivity index is 1.51. The van der Waals surface area contributed by atoms with Crippen LogP contribution in [-0.2, 0) is 17.6 Å². The van der Waals surface area contributed by atoms with E-state index in [4.69, 9.17) is 0 Å². The number of aromatic nitrogens is 2. The molecular weight excluding hydrogens is 301 g/mol. The van der Waals surface area contributed by atoms with Crippen molar-refractivity contribution in [1.29, 1.82) is 0 Å². The van der Waals surface area contributed by atoms with E-state index in [9.17, 15) is 9.18 Å². The summed E-state index contributed by atoms with van der Waals surface area (Å²) in [6, 6.07) is 6.28. The molecule has 1 heterocycles. The molecule has 0 atom stereocenters. The minimum absolute atomic E-state index is 0.0533. The van der Waals surface area contributed by atoms with Gasteiger partial charge in [0.2, 0.25) is 5.91 Å². The fourth-order valence-electron chi connectivity index (χ4n) is 2.45. The largest absolute Gasteiger partial charge is 0.310 e. The highest BCUT2D eigenvalue weighted by molar-refractivity contribution is 7.99. The lowest BCUT2D eigenvalue weighted by atomic mass is 10.2. The van der Waals surface area contributed by atoms with E-state index < -0.39 is 0 Å². The van der Waals surface area contributed by atoms with Crippen LogP contribution in [0.5, 0.6) is 0 Å². The number of rotatable bonds is 5. The number of amides is 1. The smallest absolute Gasteiger partial charge is 0.226 e. The van der Waals surface area contributed by atoms with Crippen LogP contribution in [0.3, 0.4) is 0 Å². The molecule has 6 heteroatoms. The lowest BCUT2D eigenvalue weighted by Gasteiger charge is -2.08. The highest BCUT2D eigenvalue weighted by Crippen LogP contribution is 2.25. The first-order valence-corrected chi connectivity index (χ1v) is 8.22. The number of halogens is 1. The molecule has 22 heavy (non-hydrogen) atoms. The Kier molecular flexibility index (Phi) is 4.68. The molecule has 3 rings (SSSR count). The number of carbonyl (C=O) groups excluding carboxylic acids is 1. The molecular formula is C16H16FN3OS. The highest BCUT2D eigenvalue weighted by atomic mass is 32.2. The fraction of sp³-hybridized carbons (Fsp3) is 0.312. The van der Waals surface area contributed by atoms with Crippen LogP contribution in [0.1, 0.15) is 24.1 Å². The zero-order chi connectivity index (χ0) is 15.4. The summed E-state index contributed by atoms with van der Waals surface area (Å²) in [4.78, 5) is 21.4. The summed E-state index contributed by atoms with van der Waals surface area (Å²) in [5.74, 6) is 0.992. The van der Waals surface area contributed by atoms with Crippen molar-refractivity contribution < 1.29 is 9.18 Å². The minimum Gasteiger partial charge on any atom is -0.310 e. The normalized spacial score (nSPS) is 13.0. The molecule has 0 saturated heterocycles. The number of nitrogens with zero attached hydrogens (tertiary/aromatic N) is 2. The molecule has 0 unspecified atom stereocenters.